The van der Waals surface area contributed by atoms with Gasteiger partial charge in [0.15, 0.2) is 6.61 Å². The average molecular weight is 377 g/mol. The van der Waals surface area contributed by atoms with Crippen LogP contribution in [0.3, 0.4) is 0 Å². The number of nitrogens with one attached hydrogen (secondary N) is 1. The quantitative estimate of drug-likeness (QED) is 0.782. The molecule has 0 fully saturated rings. The van der Waals surface area contributed by atoms with Crippen molar-refractivity contribution < 1.29 is 9.53 Å². The summed E-state index contributed by atoms with van der Waals surface area (Å²) in [5, 5.41) is 2.83. The summed E-state index contributed by atoms with van der Waals surface area (Å²) in [4.78, 5) is 14.2. The molecule has 0 atom stereocenters. The van der Waals surface area contributed by atoms with Gasteiger partial charge < -0.3 is 15.0 Å². The van der Waals surface area contributed by atoms with Crippen molar-refractivity contribution >= 4 is 33.2 Å². The van der Waals surface area contributed by atoms with Crippen molar-refractivity contribution in [3.63, 3.8) is 0 Å². The highest BCUT2D eigenvalue weighted by molar-refractivity contribution is 9.10. The standard InChI is InChI=1S/C18H21BrN2O2/c1-3-21(4-2)16-10-8-15(9-11-16)20-18(22)13-23-17-7-5-6-14(19)12-17/h5-12H,3-4,13H2,1-2H3,(H,20,22). The van der Waals surface area contributed by atoms with Crippen LogP contribution >= 0.6 is 15.9 Å². The summed E-state index contributed by atoms with van der Waals surface area (Å²) in [6.45, 7) is 6.15. The van der Waals surface area contributed by atoms with Crippen LogP contribution in [0, 0.1) is 0 Å². The number of rotatable bonds is 7. The van der Waals surface area contributed by atoms with E-state index in [1.807, 2.05) is 48.5 Å². The largest absolute Gasteiger partial charge is 0.484 e. The molecule has 0 unspecified atom stereocenters. The topological polar surface area (TPSA) is 41.6 Å². The van der Waals surface area contributed by atoms with Gasteiger partial charge in [-0.1, -0.05) is 22.0 Å². The molecule has 1 amide bonds. The van der Waals surface area contributed by atoms with E-state index >= 15 is 0 Å². The lowest BCUT2D eigenvalue weighted by atomic mass is 10.2. The summed E-state index contributed by atoms with van der Waals surface area (Å²) in [5.74, 6) is 0.479. The Hall–Kier alpha value is -2.01. The fourth-order valence-electron chi connectivity index (χ4n) is 2.25. The number of nitrogens with zero attached hydrogens (tertiary/aromatic N) is 1. The number of carbonyl (C=O) groups is 1. The smallest absolute Gasteiger partial charge is 0.262 e. The van der Waals surface area contributed by atoms with Crippen molar-refractivity contribution in [2.75, 3.05) is 29.9 Å². The van der Waals surface area contributed by atoms with Crippen molar-refractivity contribution in [1.29, 1.82) is 0 Å². The van der Waals surface area contributed by atoms with Crippen LogP contribution in [0.2, 0.25) is 0 Å². The fourth-order valence-corrected chi connectivity index (χ4v) is 2.63. The molecule has 2 aromatic carbocycles. The van der Waals surface area contributed by atoms with Crippen molar-refractivity contribution in [3.8, 4) is 5.75 Å². The maximum Gasteiger partial charge on any atom is 0.262 e. The third-order valence-electron chi connectivity index (χ3n) is 3.45. The first-order chi connectivity index (χ1) is 11.1. The molecule has 0 aliphatic rings. The molecule has 1 N–H and O–H groups in total. The Morgan fingerprint density at radius 2 is 1.83 bits per heavy atom. The number of benzene rings is 2. The van der Waals surface area contributed by atoms with Crippen LogP contribution in [0.1, 0.15) is 13.8 Å². The van der Waals surface area contributed by atoms with Crippen molar-refractivity contribution in [1.82, 2.24) is 0 Å². The molecule has 2 rings (SSSR count). The lowest BCUT2D eigenvalue weighted by Gasteiger charge is -2.21. The SMILES string of the molecule is CCN(CC)c1ccc(NC(=O)COc2cccc(Br)c2)cc1. The number of hydrogen-bond donors (Lipinski definition) is 1. The fraction of sp³-hybridized carbons (Fsp3) is 0.278. The van der Waals surface area contributed by atoms with Crippen LogP contribution in [-0.4, -0.2) is 25.6 Å². The summed E-state index contributed by atoms with van der Waals surface area (Å²) >= 11 is 3.37. The van der Waals surface area contributed by atoms with E-state index in [4.69, 9.17) is 4.74 Å². The summed E-state index contributed by atoms with van der Waals surface area (Å²) in [6, 6.07) is 15.3. The normalized spacial score (nSPS) is 10.2. The first-order valence-corrected chi connectivity index (χ1v) is 8.45. The zero-order valence-corrected chi connectivity index (χ0v) is 15.0. The highest BCUT2D eigenvalue weighted by Crippen LogP contribution is 2.19. The van der Waals surface area contributed by atoms with E-state index in [1.165, 1.54) is 0 Å². The van der Waals surface area contributed by atoms with Crippen LogP contribution < -0.4 is 15.0 Å². The lowest BCUT2D eigenvalue weighted by Crippen LogP contribution is -2.22. The Kier molecular flexibility index (Phi) is 6.47. The first kappa shape index (κ1) is 17.3. The molecule has 0 aliphatic carbocycles. The molecular formula is C18H21BrN2O2. The molecule has 0 bridgehead atoms. The molecule has 4 nitrogen and oxygen atoms in total. The first-order valence-electron chi connectivity index (χ1n) is 7.65. The second kappa shape index (κ2) is 8.58. The number of anilines is 2. The predicted molar refractivity (Wildman–Crippen MR) is 98.3 cm³/mol. The van der Waals surface area contributed by atoms with Gasteiger partial charge in [0, 0.05) is 28.9 Å². The monoisotopic (exact) mass is 376 g/mol. The maximum absolute atomic E-state index is 11.9. The lowest BCUT2D eigenvalue weighted by molar-refractivity contribution is -0.118. The molecule has 0 heterocycles. The summed E-state index contributed by atoms with van der Waals surface area (Å²) in [7, 11) is 0. The molecule has 0 saturated heterocycles. The van der Waals surface area contributed by atoms with Gasteiger partial charge in [-0.15, -0.1) is 0 Å². The molecule has 0 spiro atoms. The van der Waals surface area contributed by atoms with Gasteiger partial charge in [0.2, 0.25) is 0 Å². The van der Waals surface area contributed by atoms with Gasteiger partial charge in [0.25, 0.3) is 5.91 Å². The van der Waals surface area contributed by atoms with E-state index in [9.17, 15) is 4.79 Å². The van der Waals surface area contributed by atoms with E-state index in [0.717, 1.165) is 28.9 Å². The van der Waals surface area contributed by atoms with Crippen LogP contribution in [0.15, 0.2) is 53.0 Å². The highest BCUT2D eigenvalue weighted by atomic mass is 79.9. The predicted octanol–water partition coefficient (Wildman–Crippen LogP) is 4.31. The Bertz CT molecular complexity index is 640. The van der Waals surface area contributed by atoms with Crippen molar-refractivity contribution in [3.05, 3.63) is 53.0 Å². The molecule has 0 aliphatic heterocycles. The van der Waals surface area contributed by atoms with E-state index in [2.05, 4.69) is 40.0 Å². The molecule has 0 saturated carbocycles. The third kappa shape index (κ3) is 5.28. The minimum atomic E-state index is -0.180. The molecule has 0 radical (unpaired) electrons. The average Bonchev–Trinajstić information content (AvgIpc) is 2.56. The van der Waals surface area contributed by atoms with E-state index in [0.29, 0.717) is 5.75 Å². The number of hydrogen-bond acceptors (Lipinski definition) is 3. The van der Waals surface area contributed by atoms with Crippen LogP contribution in [0.4, 0.5) is 11.4 Å². The molecular weight excluding hydrogens is 356 g/mol. The maximum atomic E-state index is 11.9. The van der Waals surface area contributed by atoms with Crippen LogP contribution in [-0.2, 0) is 4.79 Å². The second-order valence-electron chi connectivity index (χ2n) is 5.01. The van der Waals surface area contributed by atoms with Gasteiger partial charge in [-0.3, -0.25) is 4.79 Å². The Balaban J connectivity index is 1.87. The molecule has 2 aromatic rings. The number of ether oxygens (including phenoxy) is 1. The van der Waals surface area contributed by atoms with E-state index in [-0.39, 0.29) is 12.5 Å². The summed E-state index contributed by atoms with van der Waals surface area (Å²) in [6.07, 6.45) is 0. The zero-order chi connectivity index (χ0) is 16.7. The van der Waals surface area contributed by atoms with Crippen LogP contribution in [0.5, 0.6) is 5.75 Å². The van der Waals surface area contributed by atoms with Crippen molar-refractivity contribution in [2.24, 2.45) is 0 Å². The van der Waals surface area contributed by atoms with Gasteiger partial charge in [-0.05, 0) is 56.3 Å². The van der Waals surface area contributed by atoms with Gasteiger partial charge in [-0.2, -0.15) is 0 Å². The highest BCUT2D eigenvalue weighted by Gasteiger charge is 2.06. The Labute approximate surface area is 145 Å². The van der Waals surface area contributed by atoms with Crippen LogP contribution in [0.25, 0.3) is 0 Å². The molecule has 0 aromatic heterocycles. The molecule has 122 valence electrons. The minimum Gasteiger partial charge on any atom is -0.484 e. The molecule has 23 heavy (non-hydrogen) atoms. The van der Waals surface area contributed by atoms with Gasteiger partial charge in [-0.25, -0.2) is 0 Å². The van der Waals surface area contributed by atoms with Gasteiger partial charge in [0.05, 0.1) is 0 Å². The van der Waals surface area contributed by atoms with E-state index < -0.39 is 0 Å². The molecule has 5 heteroatoms. The number of halogens is 1. The number of carbonyl (C=O) groups excluding carboxylic acids is 1. The van der Waals surface area contributed by atoms with Crippen molar-refractivity contribution in [2.45, 2.75) is 13.8 Å². The summed E-state index contributed by atoms with van der Waals surface area (Å²) in [5.41, 5.74) is 1.92. The van der Waals surface area contributed by atoms with E-state index in [1.54, 1.807) is 0 Å². The second-order valence-corrected chi connectivity index (χ2v) is 5.93. The zero-order valence-electron chi connectivity index (χ0n) is 13.4. The Morgan fingerprint density at radius 1 is 1.13 bits per heavy atom. The minimum absolute atomic E-state index is 0.0196. The summed E-state index contributed by atoms with van der Waals surface area (Å²) < 4.78 is 6.39. The van der Waals surface area contributed by atoms with Gasteiger partial charge in [0.1, 0.15) is 5.75 Å². The number of amides is 1. The Morgan fingerprint density at radius 3 is 2.43 bits per heavy atom. The van der Waals surface area contributed by atoms with Gasteiger partial charge >= 0.3 is 0 Å². The third-order valence-corrected chi connectivity index (χ3v) is 3.94.